The van der Waals surface area contributed by atoms with Crippen LogP contribution in [0.3, 0.4) is 0 Å². The lowest BCUT2D eigenvalue weighted by molar-refractivity contribution is 0.282. The molecule has 2 aliphatic heterocycles. The maximum absolute atomic E-state index is 4.36. The number of hydrogen-bond acceptors (Lipinski definition) is 2. The fourth-order valence-electron chi connectivity index (χ4n) is 2.58. The molecular formula is C9H12BrN3. The third kappa shape index (κ3) is 1.15. The van der Waals surface area contributed by atoms with Gasteiger partial charge in [-0.3, -0.25) is 4.68 Å². The Morgan fingerprint density at radius 1 is 1.46 bits per heavy atom. The molecule has 2 unspecified atom stereocenters. The Labute approximate surface area is 85.8 Å². The van der Waals surface area contributed by atoms with Gasteiger partial charge in [-0.25, -0.2) is 0 Å². The van der Waals surface area contributed by atoms with Crippen LogP contribution in [0.25, 0.3) is 0 Å². The fourth-order valence-corrected chi connectivity index (χ4v) is 3.05. The van der Waals surface area contributed by atoms with E-state index >= 15 is 0 Å². The van der Waals surface area contributed by atoms with Gasteiger partial charge in [0.1, 0.15) is 4.60 Å². The zero-order valence-electron chi connectivity index (χ0n) is 7.36. The second-order valence-electron chi connectivity index (χ2n) is 3.97. The predicted molar refractivity (Wildman–Crippen MR) is 53.5 cm³/mol. The van der Waals surface area contributed by atoms with E-state index in [4.69, 9.17) is 0 Å². The molecule has 1 aromatic heterocycles. The van der Waals surface area contributed by atoms with E-state index in [1.54, 1.807) is 0 Å². The molecule has 0 aliphatic carbocycles. The molecule has 0 N–H and O–H groups in total. The highest BCUT2D eigenvalue weighted by atomic mass is 79.9. The summed E-state index contributed by atoms with van der Waals surface area (Å²) in [6, 6.07) is 2.62. The molecule has 2 aliphatic rings. The van der Waals surface area contributed by atoms with Crippen LogP contribution in [0.1, 0.15) is 12.5 Å². The maximum Gasteiger partial charge on any atom is 0.104 e. The first-order valence-electron chi connectivity index (χ1n) is 4.76. The summed E-state index contributed by atoms with van der Waals surface area (Å²) in [5, 5.41) is 4.36. The third-order valence-electron chi connectivity index (χ3n) is 3.23. The van der Waals surface area contributed by atoms with E-state index in [9.17, 15) is 0 Å². The number of aromatic nitrogens is 2. The minimum Gasteiger partial charge on any atom is -0.301 e. The molecule has 3 atom stereocenters. The standard InChI is InChI=1S/C9H12BrN3/c10-9-1-3-11-13(9)8-6-12-4-2-7(8)5-12/h1,3,7-8H,2,4-6H2/t7-,8?/m0/s1. The number of rotatable bonds is 1. The Balaban J connectivity index is 1.91. The lowest BCUT2D eigenvalue weighted by Gasteiger charge is -2.22. The van der Waals surface area contributed by atoms with Crippen LogP contribution in [-0.4, -0.2) is 34.3 Å². The average Bonchev–Trinajstić information content (AvgIpc) is 2.77. The molecule has 0 spiro atoms. The smallest absolute Gasteiger partial charge is 0.104 e. The van der Waals surface area contributed by atoms with E-state index in [-0.39, 0.29) is 0 Å². The van der Waals surface area contributed by atoms with Crippen molar-refractivity contribution in [1.82, 2.24) is 14.7 Å². The van der Waals surface area contributed by atoms with Crippen LogP contribution in [0.15, 0.2) is 16.9 Å². The highest BCUT2D eigenvalue weighted by Gasteiger charge is 2.39. The Bertz CT molecular complexity index is 322. The van der Waals surface area contributed by atoms with Crippen molar-refractivity contribution in [3.63, 3.8) is 0 Å². The summed E-state index contributed by atoms with van der Waals surface area (Å²) < 4.78 is 3.25. The van der Waals surface area contributed by atoms with Crippen molar-refractivity contribution >= 4 is 15.9 Å². The summed E-state index contributed by atoms with van der Waals surface area (Å²) in [6.45, 7) is 3.75. The van der Waals surface area contributed by atoms with Crippen molar-refractivity contribution in [2.45, 2.75) is 12.5 Å². The lowest BCUT2D eigenvalue weighted by Crippen LogP contribution is -2.26. The molecule has 2 fully saturated rings. The monoisotopic (exact) mass is 241 g/mol. The van der Waals surface area contributed by atoms with Crippen molar-refractivity contribution in [1.29, 1.82) is 0 Å². The quantitative estimate of drug-likeness (QED) is 0.744. The molecule has 0 saturated carbocycles. The number of nitrogens with zero attached hydrogens (tertiary/aromatic N) is 3. The van der Waals surface area contributed by atoms with E-state index in [0.29, 0.717) is 6.04 Å². The summed E-state index contributed by atoms with van der Waals surface area (Å²) in [5.41, 5.74) is 0. The van der Waals surface area contributed by atoms with Crippen molar-refractivity contribution in [2.75, 3.05) is 19.6 Å². The molecule has 0 radical (unpaired) electrons. The fraction of sp³-hybridized carbons (Fsp3) is 0.667. The van der Waals surface area contributed by atoms with E-state index in [1.807, 2.05) is 12.3 Å². The molecule has 2 bridgehead atoms. The van der Waals surface area contributed by atoms with Gasteiger partial charge < -0.3 is 4.90 Å². The number of piperidine rings is 1. The van der Waals surface area contributed by atoms with Gasteiger partial charge in [-0.15, -0.1) is 0 Å². The average molecular weight is 242 g/mol. The normalized spacial score (nSPS) is 37.2. The Morgan fingerprint density at radius 2 is 2.38 bits per heavy atom. The van der Waals surface area contributed by atoms with Gasteiger partial charge >= 0.3 is 0 Å². The molecule has 4 heteroatoms. The molecule has 0 aromatic carbocycles. The van der Waals surface area contributed by atoms with E-state index < -0.39 is 0 Å². The molecule has 3 rings (SSSR count). The van der Waals surface area contributed by atoms with E-state index in [2.05, 4.69) is 30.6 Å². The van der Waals surface area contributed by atoms with Gasteiger partial charge in [0.2, 0.25) is 0 Å². The van der Waals surface area contributed by atoms with E-state index in [0.717, 1.165) is 10.5 Å². The predicted octanol–water partition coefficient (Wildman–Crippen LogP) is 1.52. The Hall–Kier alpha value is -0.350. The highest BCUT2D eigenvalue weighted by molar-refractivity contribution is 9.10. The largest absolute Gasteiger partial charge is 0.301 e. The molecular weight excluding hydrogens is 230 g/mol. The van der Waals surface area contributed by atoms with Crippen molar-refractivity contribution < 1.29 is 0 Å². The van der Waals surface area contributed by atoms with Gasteiger partial charge in [-0.2, -0.15) is 5.10 Å². The van der Waals surface area contributed by atoms with Crippen LogP contribution < -0.4 is 0 Å². The minimum absolute atomic E-state index is 0.609. The molecule has 70 valence electrons. The SMILES string of the molecule is Brc1ccnn1C1CN2CC[C@H]1C2. The third-order valence-corrected chi connectivity index (χ3v) is 3.86. The van der Waals surface area contributed by atoms with Crippen molar-refractivity contribution in [2.24, 2.45) is 5.92 Å². The molecule has 13 heavy (non-hydrogen) atoms. The highest BCUT2D eigenvalue weighted by Crippen LogP contribution is 2.37. The zero-order chi connectivity index (χ0) is 8.84. The van der Waals surface area contributed by atoms with Crippen LogP contribution >= 0.6 is 15.9 Å². The van der Waals surface area contributed by atoms with Gasteiger partial charge in [0.05, 0.1) is 12.2 Å². The first kappa shape index (κ1) is 8.00. The van der Waals surface area contributed by atoms with Crippen LogP contribution in [0.2, 0.25) is 0 Å². The van der Waals surface area contributed by atoms with Crippen molar-refractivity contribution in [3.05, 3.63) is 16.9 Å². The van der Waals surface area contributed by atoms with Gasteiger partial charge in [0.25, 0.3) is 0 Å². The molecule has 0 amide bonds. The van der Waals surface area contributed by atoms with Crippen LogP contribution in [-0.2, 0) is 0 Å². The van der Waals surface area contributed by atoms with Crippen molar-refractivity contribution in [3.8, 4) is 0 Å². The zero-order valence-corrected chi connectivity index (χ0v) is 8.94. The summed E-state index contributed by atoms with van der Waals surface area (Å²) >= 11 is 3.53. The summed E-state index contributed by atoms with van der Waals surface area (Å²) in [7, 11) is 0. The first-order valence-corrected chi connectivity index (χ1v) is 5.55. The topological polar surface area (TPSA) is 21.1 Å². The Morgan fingerprint density at radius 3 is 2.92 bits per heavy atom. The molecule has 3 heterocycles. The van der Waals surface area contributed by atoms with Gasteiger partial charge in [0, 0.05) is 13.1 Å². The van der Waals surface area contributed by atoms with Gasteiger partial charge in [-0.1, -0.05) is 0 Å². The molecule has 1 aromatic rings. The summed E-state index contributed by atoms with van der Waals surface area (Å²) in [4.78, 5) is 2.53. The van der Waals surface area contributed by atoms with Crippen LogP contribution in [0.5, 0.6) is 0 Å². The van der Waals surface area contributed by atoms with Crippen LogP contribution in [0.4, 0.5) is 0 Å². The summed E-state index contributed by atoms with van der Waals surface area (Å²) in [5.74, 6) is 0.830. The first-order chi connectivity index (χ1) is 6.34. The van der Waals surface area contributed by atoms with Crippen LogP contribution in [0, 0.1) is 5.92 Å². The lowest BCUT2D eigenvalue weighted by atomic mass is 10.0. The number of hydrogen-bond donors (Lipinski definition) is 0. The molecule has 2 saturated heterocycles. The van der Waals surface area contributed by atoms with E-state index in [1.165, 1.54) is 26.1 Å². The number of halogens is 1. The van der Waals surface area contributed by atoms with Gasteiger partial charge in [0.15, 0.2) is 0 Å². The second-order valence-corrected chi connectivity index (χ2v) is 4.79. The van der Waals surface area contributed by atoms with Gasteiger partial charge in [-0.05, 0) is 40.9 Å². The number of fused-ring (bicyclic) bond motifs is 2. The summed E-state index contributed by atoms with van der Waals surface area (Å²) in [6.07, 6.45) is 3.21. The molecule has 3 nitrogen and oxygen atoms in total. The minimum atomic E-state index is 0.609. The Kier molecular flexibility index (Phi) is 1.73. The second kappa shape index (κ2) is 2.82. The maximum atomic E-state index is 4.36.